The van der Waals surface area contributed by atoms with Crippen molar-refractivity contribution < 1.29 is 0 Å². The van der Waals surface area contributed by atoms with Gasteiger partial charge in [0, 0.05) is 12.6 Å². The normalized spacial score (nSPS) is 10.6. The van der Waals surface area contributed by atoms with Crippen molar-refractivity contribution in [2.45, 2.75) is 34.6 Å². The third-order valence-electron chi connectivity index (χ3n) is 4.03. The topological polar surface area (TPSA) is 41.6 Å². The Kier molecular flexibility index (Phi) is 3.20. The smallest absolute Gasteiger partial charge is 0.166 e. The molecule has 3 heteroatoms. The van der Waals surface area contributed by atoms with Crippen LogP contribution in [0.1, 0.15) is 33.8 Å². The van der Waals surface area contributed by atoms with Gasteiger partial charge < -0.3 is 4.57 Å². The lowest BCUT2D eigenvalue weighted by molar-refractivity contribution is 0.863. The van der Waals surface area contributed by atoms with Gasteiger partial charge >= 0.3 is 0 Å². The van der Waals surface area contributed by atoms with Crippen LogP contribution in [-0.2, 0) is 7.05 Å². The fourth-order valence-electron chi connectivity index (χ4n) is 2.55. The summed E-state index contributed by atoms with van der Waals surface area (Å²) in [4.78, 5) is 4.35. The van der Waals surface area contributed by atoms with E-state index in [9.17, 15) is 5.26 Å². The zero-order chi connectivity index (χ0) is 14.3. The second kappa shape index (κ2) is 4.55. The summed E-state index contributed by atoms with van der Waals surface area (Å²) in [5, 5.41) is 9.31. The zero-order valence-corrected chi connectivity index (χ0v) is 12.4. The Morgan fingerprint density at radius 3 is 2.05 bits per heavy atom. The van der Waals surface area contributed by atoms with Crippen LogP contribution in [0.5, 0.6) is 0 Å². The molecule has 19 heavy (non-hydrogen) atoms. The maximum absolute atomic E-state index is 9.31. The van der Waals surface area contributed by atoms with Crippen molar-refractivity contribution in [1.29, 1.82) is 5.26 Å². The molecule has 0 saturated heterocycles. The van der Waals surface area contributed by atoms with Crippen LogP contribution >= 0.6 is 0 Å². The minimum Gasteiger partial charge on any atom is -0.330 e. The molecule has 0 aliphatic heterocycles. The number of imidazole rings is 1. The van der Waals surface area contributed by atoms with Gasteiger partial charge in [-0.25, -0.2) is 4.98 Å². The van der Waals surface area contributed by atoms with E-state index >= 15 is 0 Å². The number of aryl methyl sites for hydroxylation is 3. The zero-order valence-electron chi connectivity index (χ0n) is 12.4. The Morgan fingerprint density at radius 1 is 1.05 bits per heavy atom. The quantitative estimate of drug-likeness (QED) is 0.780. The molecular formula is C16H19N3. The number of hydrogen-bond acceptors (Lipinski definition) is 2. The maximum atomic E-state index is 9.31. The number of rotatable bonds is 1. The number of benzene rings is 1. The molecule has 1 heterocycles. The van der Waals surface area contributed by atoms with Crippen molar-refractivity contribution in [1.82, 2.24) is 9.55 Å². The average Bonchev–Trinajstić information content (AvgIpc) is 2.64. The van der Waals surface area contributed by atoms with E-state index in [0.29, 0.717) is 5.69 Å². The first-order valence-corrected chi connectivity index (χ1v) is 6.39. The van der Waals surface area contributed by atoms with Gasteiger partial charge in [-0.05, 0) is 56.9 Å². The summed E-state index contributed by atoms with van der Waals surface area (Å²) >= 11 is 0. The molecule has 1 aromatic carbocycles. The predicted molar refractivity (Wildman–Crippen MR) is 77.0 cm³/mol. The van der Waals surface area contributed by atoms with E-state index in [1.54, 1.807) is 0 Å². The number of aromatic nitrogens is 2. The van der Waals surface area contributed by atoms with Crippen molar-refractivity contribution in [3.8, 4) is 17.3 Å². The molecule has 2 aromatic rings. The Labute approximate surface area is 114 Å². The first kappa shape index (κ1) is 13.4. The van der Waals surface area contributed by atoms with Gasteiger partial charge in [0.2, 0.25) is 0 Å². The van der Waals surface area contributed by atoms with Crippen molar-refractivity contribution in [3.05, 3.63) is 39.8 Å². The van der Waals surface area contributed by atoms with Crippen LogP contribution < -0.4 is 0 Å². The van der Waals surface area contributed by atoms with Gasteiger partial charge in [0.25, 0.3) is 0 Å². The van der Waals surface area contributed by atoms with Gasteiger partial charge in [-0.3, -0.25) is 0 Å². The van der Waals surface area contributed by atoms with E-state index in [1.165, 1.54) is 22.3 Å². The fraction of sp³-hybridized carbons (Fsp3) is 0.375. The largest absolute Gasteiger partial charge is 0.330 e. The van der Waals surface area contributed by atoms with Gasteiger partial charge in [0.15, 0.2) is 5.69 Å². The SMILES string of the molecule is Cc1cc(C)c(C)c(-c2c(C#N)nc(C)n2C)c1C. The van der Waals surface area contributed by atoms with E-state index < -0.39 is 0 Å². The van der Waals surface area contributed by atoms with Gasteiger partial charge in [0.1, 0.15) is 11.9 Å². The fourth-order valence-corrected chi connectivity index (χ4v) is 2.55. The van der Waals surface area contributed by atoms with Crippen LogP contribution in [0.25, 0.3) is 11.3 Å². The Morgan fingerprint density at radius 2 is 1.58 bits per heavy atom. The third kappa shape index (κ3) is 1.94. The molecular weight excluding hydrogens is 234 g/mol. The molecule has 0 amide bonds. The Bertz CT molecular complexity index is 674. The summed E-state index contributed by atoms with van der Waals surface area (Å²) in [5.41, 5.74) is 7.54. The summed E-state index contributed by atoms with van der Waals surface area (Å²) in [7, 11) is 1.97. The molecule has 0 saturated carbocycles. The maximum Gasteiger partial charge on any atom is 0.166 e. The average molecular weight is 253 g/mol. The predicted octanol–water partition coefficient (Wildman–Crippen LogP) is 3.50. The summed E-state index contributed by atoms with van der Waals surface area (Å²) < 4.78 is 2.01. The van der Waals surface area contributed by atoms with Crippen molar-refractivity contribution >= 4 is 0 Å². The van der Waals surface area contributed by atoms with Gasteiger partial charge in [-0.1, -0.05) is 6.07 Å². The van der Waals surface area contributed by atoms with E-state index in [-0.39, 0.29) is 0 Å². The van der Waals surface area contributed by atoms with Gasteiger partial charge in [-0.15, -0.1) is 0 Å². The van der Waals surface area contributed by atoms with Crippen LogP contribution in [0, 0.1) is 45.9 Å². The molecule has 0 N–H and O–H groups in total. The summed E-state index contributed by atoms with van der Waals surface area (Å²) in [6.45, 7) is 10.4. The van der Waals surface area contributed by atoms with Crippen molar-refractivity contribution in [2.24, 2.45) is 7.05 Å². The molecule has 98 valence electrons. The molecule has 0 radical (unpaired) electrons. The highest BCUT2D eigenvalue weighted by Crippen LogP contribution is 2.33. The molecule has 0 fully saturated rings. The number of hydrogen-bond donors (Lipinski definition) is 0. The van der Waals surface area contributed by atoms with Crippen molar-refractivity contribution in [2.75, 3.05) is 0 Å². The Hall–Kier alpha value is -2.08. The highest BCUT2D eigenvalue weighted by molar-refractivity contribution is 5.74. The summed E-state index contributed by atoms with van der Waals surface area (Å²) in [6, 6.07) is 4.41. The molecule has 1 aromatic heterocycles. The number of nitriles is 1. The number of nitrogens with zero attached hydrogens (tertiary/aromatic N) is 3. The van der Waals surface area contributed by atoms with Crippen molar-refractivity contribution in [3.63, 3.8) is 0 Å². The van der Waals surface area contributed by atoms with Crippen LogP contribution in [0.2, 0.25) is 0 Å². The molecule has 2 rings (SSSR count). The minimum absolute atomic E-state index is 0.510. The standard InChI is InChI=1S/C16H19N3/c1-9-7-10(2)12(4)15(11(9)3)16-14(8-17)18-13(5)19(16)6/h7H,1-6H3. The monoisotopic (exact) mass is 253 g/mol. The van der Waals surface area contributed by atoms with Gasteiger partial charge in [0.05, 0.1) is 5.69 Å². The summed E-state index contributed by atoms with van der Waals surface area (Å²) in [5.74, 6) is 0.865. The van der Waals surface area contributed by atoms with E-state index in [1.807, 2.05) is 18.5 Å². The lowest BCUT2D eigenvalue weighted by atomic mass is 9.91. The van der Waals surface area contributed by atoms with Crippen LogP contribution in [0.15, 0.2) is 6.07 Å². The minimum atomic E-state index is 0.510. The highest BCUT2D eigenvalue weighted by Gasteiger charge is 2.19. The first-order valence-electron chi connectivity index (χ1n) is 6.39. The van der Waals surface area contributed by atoms with Crippen LogP contribution in [0.3, 0.4) is 0 Å². The molecule has 0 unspecified atom stereocenters. The van der Waals surface area contributed by atoms with E-state index in [0.717, 1.165) is 17.1 Å². The van der Waals surface area contributed by atoms with Crippen LogP contribution in [0.4, 0.5) is 0 Å². The highest BCUT2D eigenvalue weighted by atomic mass is 15.1. The first-order chi connectivity index (χ1) is 8.88. The van der Waals surface area contributed by atoms with E-state index in [2.05, 4.69) is 44.8 Å². The van der Waals surface area contributed by atoms with Gasteiger partial charge in [-0.2, -0.15) is 5.26 Å². The molecule has 0 aliphatic rings. The Balaban J connectivity index is 2.91. The summed E-state index contributed by atoms with van der Waals surface area (Å²) in [6.07, 6.45) is 0. The molecule has 0 spiro atoms. The second-order valence-electron chi connectivity index (χ2n) is 5.16. The van der Waals surface area contributed by atoms with Crippen LogP contribution in [-0.4, -0.2) is 9.55 Å². The molecule has 0 bridgehead atoms. The lowest BCUT2D eigenvalue weighted by Gasteiger charge is -2.16. The third-order valence-corrected chi connectivity index (χ3v) is 4.03. The molecule has 3 nitrogen and oxygen atoms in total. The van der Waals surface area contributed by atoms with E-state index in [4.69, 9.17) is 0 Å². The molecule has 0 atom stereocenters. The lowest BCUT2D eigenvalue weighted by Crippen LogP contribution is -2.01. The molecule has 0 aliphatic carbocycles. The second-order valence-corrected chi connectivity index (χ2v) is 5.16.